The van der Waals surface area contributed by atoms with Gasteiger partial charge < -0.3 is 19.4 Å². The molecule has 0 bridgehead atoms. The number of amides is 1. The average Bonchev–Trinajstić information content (AvgIpc) is 3.11. The number of nitrogens with zero attached hydrogens (tertiary/aromatic N) is 1. The minimum Gasteiger partial charge on any atom is -0.462 e. The van der Waals surface area contributed by atoms with Gasteiger partial charge >= 0.3 is 16.8 Å². The van der Waals surface area contributed by atoms with E-state index in [2.05, 4.69) is 11.9 Å². The molecule has 0 saturated carbocycles. The number of aromatic nitrogens is 1. The highest BCUT2D eigenvalue weighted by Gasteiger charge is 2.28. The van der Waals surface area contributed by atoms with Crippen molar-refractivity contribution in [2.24, 2.45) is 7.05 Å². The first-order valence-electron chi connectivity index (χ1n) is 8.29. The van der Waals surface area contributed by atoms with Crippen molar-refractivity contribution in [3.05, 3.63) is 48.9 Å². The van der Waals surface area contributed by atoms with Gasteiger partial charge in [0.1, 0.15) is 21.4 Å². The molecule has 8 nitrogen and oxygen atoms in total. The zero-order valence-corrected chi connectivity index (χ0v) is 17.5. The molecule has 0 aliphatic carbocycles. The quantitative estimate of drug-likeness (QED) is 0.541. The fourth-order valence-electron chi connectivity index (χ4n) is 2.33. The van der Waals surface area contributed by atoms with Gasteiger partial charge in [0.05, 0.1) is 12.2 Å². The summed E-state index contributed by atoms with van der Waals surface area (Å²) in [6.45, 7) is 8.52. The molecule has 1 N–H and O–H groups in total. The van der Waals surface area contributed by atoms with Crippen LogP contribution in [0.15, 0.2) is 17.4 Å². The van der Waals surface area contributed by atoms with Crippen LogP contribution in [0.4, 0.5) is 5.00 Å². The van der Waals surface area contributed by atoms with Crippen LogP contribution in [-0.2, 0) is 16.5 Å². The van der Waals surface area contributed by atoms with Crippen molar-refractivity contribution >= 4 is 45.5 Å². The molecule has 150 valence electrons. The molecular weight excluding hydrogens is 404 g/mol. The molecule has 0 fully saturated rings. The van der Waals surface area contributed by atoms with Gasteiger partial charge in [0.2, 0.25) is 0 Å². The summed E-state index contributed by atoms with van der Waals surface area (Å²) in [6.07, 6.45) is 1.43. The summed E-state index contributed by atoms with van der Waals surface area (Å²) in [5, 5.41) is 2.79. The van der Waals surface area contributed by atoms with E-state index in [9.17, 15) is 19.2 Å². The Hall–Kier alpha value is -2.72. The maximum atomic E-state index is 12.7. The Balaban J connectivity index is 2.46. The fourth-order valence-corrected chi connectivity index (χ4v) is 4.30. The molecule has 2 aromatic rings. The van der Waals surface area contributed by atoms with E-state index < -0.39 is 17.8 Å². The van der Waals surface area contributed by atoms with Crippen LogP contribution in [0.3, 0.4) is 0 Å². The van der Waals surface area contributed by atoms with Crippen LogP contribution >= 0.6 is 22.7 Å². The minimum atomic E-state index is -0.660. The standard InChI is InChI=1S/C18H20N2O6S2/c1-6-8-26-17(23)12-9(3)11(16(22)25-7-2)15(27-12)19-14(21)13-10(4)20(5)18(24)28-13/h6H,1,7-8H2,2-5H3,(H,19,21). The Labute approximate surface area is 169 Å². The molecule has 0 unspecified atom stereocenters. The van der Waals surface area contributed by atoms with E-state index in [1.54, 1.807) is 27.8 Å². The van der Waals surface area contributed by atoms with E-state index in [-0.39, 0.29) is 38.4 Å². The maximum absolute atomic E-state index is 12.7. The van der Waals surface area contributed by atoms with Gasteiger partial charge in [0.15, 0.2) is 0 Å². The molecule has 0 radical (unpaired) electrons. The van der Waals surface area contributed by atoms with Gasteiger partial charge in [-0.05, 0) is 26.3 Å². The number of ether oxygens (including phenoxy) is 2. The summed E-state index contributed by atoms with van der Waals surface area (Å²) in [5.41, 5.74) is 0.946. The molecule has 2 aromatic heterocycles. The van der Waals surface area contributed by atoms with Crippen molar-refractivity contribution in [1.82, 2.24) is 4.57 Å². The molecule has 28 heavy (non-hydrogen) atoms. The molecule has 0 aromatic carbocycles. The van der Waals surface area contributed by atoms with E-state index in [0.29, 0.717) is 11.3 Å². The molecule has 10 heteroatoms. The lowest BCUT2D eigenvalue weighted by Gasteiger charge is -2.07. The SMILES string of the molecule is C=CCOC(=O)c1sc(NC(=O)c2sc(=O)n(C)c2C)c(C(=O)OCC)c1C. The smallest absolute Gasteiger partial charge is 0.348 e. The largest absolute Gasteiger partial charge is 0.462 e. The average molecular weight is 425 g/mol. The monoisotopic (exact) mass is 424 g/mol. The summed E-state index contributed by atoms with van der Waals surface area (Å²) in [7, 11) is 1.57. The van der Waals surface area contributed by atoms with Gasteiger partial charge in [-0.15, -0.1) is 11.3 Å². The van der Waals surface area contributed by atoms with E-state index in [4.69, 9.17) is 9.47 Å². The van der Waals surface area contributed by atoms with Crippen LogP contribution in [0.1, 0.15) is 47.9 Å². The molecular formula is C18H20N2O6S2. The Morgan fingerprint density at radius 3 is 2.36 bits per heavy atom. The van der Waals surface area contributed by atoms with Crippen LogP contribution < -0.4 is 10.2 Å². The number of hydrogen-bond donors (Lipinski definition) is 1. The van der Waals surface area contributed by atoms with Gasteiger partial charge in [0.25, 0.3) is 5.91 Å². The highest BCUT2D eigenvalue weighted by molar-refractivity contribution is 7.19. The Kier molecular flexibility index (Phi) is 6.92. The number of anilines is 1. The van der Waals surface area contributed by atoms with Crippen molar-refractivity contribution < 1.29 is 23.9 Å². The highest BCUT2D eigenvalue weighted by atomic mass is 32.1. The van der Waals surface area contributed by atoms with E-state index in [0.717, 1.165) is 22.7 Å². The van der Waals surface area contributed by atoms with Crippen LogP contribution in [-0.4, -0.2) is 35.6 Å². The topological polar surface area (TPSA) is 104 Å². The fraction of sp³-hybridized carbons (Fsp3) is 0.333. The lowest BCUT2D eigenvalue weighted by atomic mass is 10.1. The van der Waals surface area contributed by atoms with Gasteiger partial charge in [-0.1, -0.05) is 24.0 Å². The third kappa shape index (κ3) is 4.23. The van der Waals surface area contributed by atoms with Gasteiger partial charge in [-0.2, -0.15) is 0 Å². The first-order valence-corrected chi connectivity index (χ1v) is 9.92. The summed E-state index contributed by atoms with van der Waals surface area (Å²) in [6, 6.07) is 0. The summed E-state index contributed by atoms with van der Waals surface area (Å²) < 4.78 is 11.5. The van der Waals surface area contributed by atoms with E-state index in [1.165, 1.54) is 10.6 Å². The van der Waals surface area contributed by atoms with E-state index >= 15 is 0 Å². The maximum Gasteiger partial charge on any atom is 0.348 e. The Morgan fingerprint density at radius 2 is 1.82 bits per heavy atom. The number of hydrogen-bond acceptors (Lipinski definition) is 8. The van der Waals surface area contributed by atoms with Crippen LogP contribution in [0.25, 0.3) is 0 Å². The molecule has 0 aliphatic rings. The van der Waals surface area contributed by atoms with Crippen molar-refractivity contribution in [2.75, 3.05) is 18.5 Å². The minimum absolute atomic E-state index is 0.0176. The third-order valence-corrected chi connectivity index (χ3v) is 6.19. The summed E-state index contributed by atoms with van der Waals surface area (Å²) in [5.74, 6) is -1.83. The molecule has 2 rings (SSSR count). The Morgan fingerprint density at radius 1 is 1.14 bits per heavy atom. The number of esters is 2. The van der Waals surface area contributed by atoms with Gasteiger partial charge in [-0.3, -0.25) is 9.59 Å². The molecule has 0 spiro atoms. The van der Waals surface area contributed by atoms with Crippen molar-refractivity contribution in [1.29, 1.82) is 0 Å². The summed E-state index contributed by atoms with van der Waals surface area (Å²) >= 11 is 1.72. The predicted octanol–water partition coefficient (Wildman–Crippen LogP) is 2.90. The zero-order valence-electron chi connectivity index (χ0n) is 15.9. The number of thiophene rings is 1. The predicted molar refractivity (Wildman–Crippen MR) is 108 cm³/mol. The van der Waals surface area contributed by atoms with Crippen LogP contribution in [0, 0.1) is 13.8 Å². The number of rotatable bonds is 7. The van der Waals surface area contributed by atoms with E-state index in [1.807, 2.05) is 0 Å². The Bertz CT molecular complexity index is 999. The lowest BCUT2D eigenvalue weighted by Crippen LogP contribution is -2.15. The molecule has 0 saturated heterocycles. The molecule has 0 atom stereocenters. The second-order valence-electron chi connectivity index (χ2n) is 5.66. The van der Waals surface area contributed by atoms with Gasteiger partial charge in [0, 0.05) is 12.7 Å². The van der Waals surface area contributed by atoms with Crippen molar-refractivity contribution in [3.8, 4) is 0 Å². The van der Waals surface area contributed by atoms with Crippen LogP contribution in [0.2, 0.25) is 0 Å². The number of carbonyl (C=O) groups excluding carboxylic acids is 3. The third-order valence-electron chi connectivity index (χ3n) is 3.87. The normalized spacial score (nSPS) is 10.4. The number of thiazole rings is 1. The van der Waals surface area contributed by atoms with Crippen molar-refractivity contribution in [2.45, 2.75) is 20.8 Å². The van der Waals surface area contributed by atoms with Gasteiger partial charge in [-0.25, -0.2) is 9.59 Å². The second-order valence-corrected chi connectivity index (χ2v) is 7.65. The summed E-state index contributed by atoms with van der Waals surface area (Å²) in [4.78, 5) is 49.2. The first kappa shape index (κ1) is 21.6. The second kappa shape index (κ2) is 8.98. The zero-order chi connectivity index (χ0) is 21.0. The molecule has 2 heterocycles. The molecule has 1 amide bonds. The van der Waals surface area contributed by atoms with Crippen LogP contribution in [0.5, 0.6) is 0 Å². The first-order chi connectivity index (χ1) is 13.2. The van der Waals surface area contributed by atoms with Crippen molar-refractivity contribution in [3.63, 3.8) is 0 Å². The molecule has 0 aliphatic heterocycles. The lowest BCUT2D eigenvalue weighted by molar-refractivity contribution is 0.0527. The highest BCUT2D eigenvalue weighted by Crippen LogP contribution is 2.35. The number of nitrogens with one attached hydrogen (secondary N) is 1. The number of carbonyl (C=O) groups is 3.